The molecule has 0 saturated carbocycles. The first kappa shape index (κ1) is 17.0. The Morgan fingerprint density at radius 1 is 1.08 bits per heavy atom. The number of piperazine rings is 1. The average Bonchev–Trinajstić information content (AvgIpc) is 2.69. The molecule has 1 atom stereocenters. The fourth-order valence-electron chi connectivity index (χ4n) is 4.60. The van der Waals surface area contributed by atoms with Crippen molar-refractivity contribution in [2.45, 2.75) is 37.3 Å². The fourth-order valence-corrected chi connectivity index (χ4v) is 4.60. The van der Waals surface area contributed by atoms with E-state index >= 15 is 0 Å². The first-order valence-electron chi connectivity index (χ1n) is 9.69. The van der Waals surface area contributed by atoms with E-state index in [9.17, 15) is 4.79 Å². The molecule has 3 aliphatic heterocycles. The second-order valence-electron chi connectivity index (χ2n) is 7.62. The zero-order valence-electron chi connectivity index (χ0n) is 15.0. The van der Waals surface area contributed by atoms with Crippen LogP contribution in [0.25, 0.3) is 0 Å². The van der Waals surface area contributed by atoms with Crippen LogP contribution in [0.4, 0.5) is 0 Å². The summed E-state index contributed by atoms with van der Waals surface area (Å²) in [5.41, 5.74) is 0.904. The predicted octanol–water partition coefficient (Wildman–Crippen LogP) is 1.75. The van der Waals surface area contributed by atoms with Crippen molar-refractivity contribution < 1.29 is 9.53 Å². The molecule has 4 rings (SSSR count). The van der Waals surface area contributed by atoms with E-state index in [1.807, 2.05) is 35.2 Å². The molecule has 3 heterocycles. The number of nitrogens with one attached hydrogen (secondary N) is 1. The highest BCUT2D eigenvalue weighted by Gasteiger charge is 2.40. The number of amides is 1. The van der Waals surface area contributed by atoms with Gasteiger partial charge in [-0.05, 0) is 50.9 Å². The van der Waals surface area contributed by atoms with Crippen molar-refractivity contribution in [3.8, 4) is 0 Å². The third-order valence-electron chi connectivity index (χ3n) is 6.12. The molecule has 0 aromatic heterocycles. The maximum atomic E-state index is 12.6. The van der Waals surface area contributed by atoms with Crippen molar-refractivity contribution in [2.24, 2.45) is 0 Å². The Morgan fingerprint density at radius 2 is 1.80 bits per heavy atom. The number of carbonyl (C=O) groups is 1. The van der Waals surface area contributed by atoms with Gasteiger partial charge in [-0.2, -0.15) is 0 Å². The number of nitrogens with zero attached hydrogens (tertiary/aromatic N) is 2. The van der Waals surface area contributed by atoms with Crippen LogP contribution in [0.1, 0.15) is 36.0 Å². The molecule has 0 bridgehead atoms. The molecular weight excluding hydrogens is 314 g/mol. The topological polar surface area (TPSA) is 44.8 Å². The van der Waals surface area contributed by atoms with Gasteiger partial charge in [0.2, 0.25) is 0 Å². The van der Waals surface area contributed by atoms with E-state index in [-0.39, 0.29) is 11.5 Å². The van der Waals surface area contributed by atoms with Crippen molar-refractivity contribution in [1.29, 1.82) is 0 Å². The smallest absolute Gasteiger partial charge is 0.253 e. The zero-order chi connectivity index (χ0) is 17.1. The summed E-state index contributed by atoms with van der Waals surface area (Å²) in [7, 11) is 0. The monoisotopic (exact) mass is 343 g/mol. The van der Waals surface area contributed by atoms with E-state index in [1.54, 1.807) is 0 Å². The van der Waals surface area contributed by atoms with Crippen molar-refractivity contribution >= 4 is 5.91 Å². The summed E-state index contributed by atoms with van der Waals surface area (Å²) < 4.78 is 6.21. The number of hydrogen-bond acceptors (Lipinski definition) is 4. The maximum Gasteiger partial charge on any atom is 0.253 e. The number of benzene rings is 1. The van der Waals surface area contributed by atoms with Crippen LogP contribution < -0.4 is 5.32 Å². The van der Waals surface area contributed by atoms with Gasteiger partial charge >= 0.3 is 0 Å². The van der Waals surface area contributed by atoms with Crippen LogP contribution in [-0.4, -0.2) is 73.2 Å². The van der Waals surface area contributed by atoms with E-state index in [1.165, 1.54) is 0 Å². The van der Waals surface area contributed by atoms with Gasteiger partial charge in [-0.15, -0.1) is 0 Å². The van der Waals surface area contributed by atoms with E-state index in [0.29, 0.717) is 6.04 Å². The summed E-state index contributed by atoms with van der Waals surface area (Å²) in [4.78, 5) is 17.2. The van der Waals surface area contributed by atoms with Crippen molar-refractivity contribution in [3.05, 3.63) is 35.9 Å². The minimum Gasteiger partial charge on any atom is -0.375 e. The molecule has 0 radical (unpaired) electrons. The Bertz CT molecular complexity index is 572. The van der Waals surface area contributed by atoms with Gasteiger partial charge in [0.25, 0.3) is 5.91 Å². The molecule has 136 valence electrons. The van der Waals surface area contributed by atoms with Crippen LogP contribution in [0.5, 0.6) is 0 Å². The molecule has 3 saturated heterocycles. The van der Waals surface area contributed by atoms with E-state index in [4.69, 9.17) is 4.74 Å². The van der Waals surface area contributed by atoms with Gasteiger partial charge in [-0.25, -0.2) is 0 Å². The molecule has 1 aromatic rings. The lowest BCUT2D eigenvalue weighted by atomic mass is 9.82. The van der Waals surface area contributed by atoms with Gasteiger partial charge in [0.05, 0.1) is 5.60 Å². The number of rotatable bonds is 2. The predicted molar refractivity (Wildman–Crippen MR) is 97.7 cm³/mol. The van der Waals surface area contributed by atoms with Crippen LogP contribution in [0.3, 0.4) is 0 Å². The second-order valence-corrected chi connectivity index (χ2v) is 7.62. The minimum absolute atomic E-state index is 0.102. The van der Waals surface area contributed by atoms with Crippen LogP contribution in [0.15, 0.2) is 30.3 Å². The molecule has 1 N–H and O–H groups in total. The summed E-state index contributed by atoms with van der Waals surface area (Å²) in [5.74, 6) is 0.169. The molecule has 3 aliphatic rings. The lowest BCUT2D eigenvalue weighted by Crippen LogP contribution is -2.57. The maximum absolute atomic E-state index is 12.6. The number of ether oxygens (including phenoxy) is 1. The Hall–Kier alpha value is -1.43. The normalized spacial score (nSPS) is 27.4. The van der Waals surface area contributed by atoms with E-state index < -0.39 is 0 Å². The first-order valence-corrected chi connectivity index (χ1v) is 9.69. The SMILES string of the molecule is O=C(c1ccccc1)N1CCN(C2CCOC3(CCNCC3)C2)CC1. The molecule has 1 unspecified atom stereocenters. The van der Waals surface area contributed by atoms with E-state index in [2.05, 4.69) is 10.2 Å². The van der Waals surface area contributed by atoms with Crippen molar-refractivity contribution in [3.63, 3.8) is 0 Å². The Kier molecular flexibility index (Phi) is 5.06. The molecule has 1 aromatic carbocycles. The highest BCUT2D eigenvalue weighted by atomic mass is 16.5. The molecule has 1 amide bonds. The van der Waals surface area contributed by atoms with Gasteiger partial charge in [-0.1, -0.05) is 18.2 Å². The zero-order valence-corrected chi connectivity index (χ0v) is 15.0. The Morgan fingerprint density at radius 3 is 2.52 bits per heavy atom. The largest absolute Gasteiger partial charge is 0.375 e. The van der Waals surface area contributed by atoms with Crippen LogP contribution in [-0.2, 0) is 4.74 Å². The van der Waals surface area contributed by atoms with Crippen molar-refractivity contribution in [1.82, 2.24) is 15.1 Å². The van der Waals surface area contributed by atoms with Crippen molar-refractivity contribution in [2.75, 3.05) is 45.9 Å². The highest BCUT2D eigenvalue weighted by Crippen LogP contribution is 2.35. The third kappa shape index (κ3) is 3.73. The van der Waals surface area contributed by atoms with Gasteiger partial charge in [-0.3, -0.25) is 9.69 Å². The summed E-state index contributed by atoms with van der Waals surface area (Å²) in [6, 6.07) is 10.3. The standard InChI is InChI=1S/C20H29N3O2/c24-19(17-4-2-1-3-5-17)23-13-11-22(12-14-23)18-6-15-25-20(16-18)7-9-21-10-8-20/h1-5,18,21H,6-16H2. The summed E-state index contributed by atoms with van der Waals surface area (Å²) in [6.45, 7) is 6.67. The molecule has 3 fully saturated rings. The molecular formula is C20H29N3O2. The molecule has 1 spiro atoms. The van der Waals surface area contributed by atoms with Gasteiger partial charge in [0.1, 0.15) is 0 Å². The van der Waals surface area contributed by atoms with E-state index in [0.717, 1.165) is 77.1 Å². The number of piperidine rings is 1. The molecule has 5 heteroatoms. The molecule has 0 aliphatic carbocycles. The van der Waals surface area contributed by atoms with Crippen LogP contribution in [0.2, 0.25) is 0 Å². The average molecular weight is 343 g/mol. The van der Waals surface area contributed by atoms with Crippen LogP contribution in [0, 0.1) is 0 Å². The molecule has 25 heavy (non-hydrogen) atoms. The Labute approximate surface area is 150 Å². The summed E-state index contributed by atoms with van der Waals surface area (Å²) >= 11 is 0. The van der Waals surface area contributed by atoms with Gasteiger partial charge in [0.15, 0.2) is 0 Å². The number of carbonyl (C=O) groups excluding carboxylic acids is 1. The minimum atomic E-state index is 0.102. The highest BCUT2D eigenvalue weighted by molar-refractivity contribution is 5.94. The third-order valence-corrected chi connectivity index (χ3v) is 6.12. The quantitative estimate of drug-likeness (QED) is 0.889. The number of hydrogen-bond donors (Lipinski definition) is 1. The van der Waals surface area contributed by atoms with Crippen LogP contribution >= 0.6 is 0 Å². The fraction of sp³-hybridized carbons (Fsp3) is 0.650. The second kappa shape index (κ2) is 7.44. The Balaban J connectivity index is 1.33. The summed E-state index contributed by atoms with van der Waals surface area (Å²) in [5, 5.41) is 3.45. The summed E-state index contributed by atoms with van der Waals surface area (Å²) in [6.07, 6.45) is 4.55. The first-order chi connectivity index (χ1) is 12.3. The lowest BCUT2D eigenvalue weighted by Gasteiger charge is -2.48. The lowest BCUT2D eigenvalue weighted by molar-refractivity contribution is -0.123. The van der Waals surface area contributed by atoms with Gasteiger partial charge < -0.3 is 15.0 Å². The van der Waals surface area contributed by atoms with Gasteiger partial charge in [0, 0.05) is 44.4 Å². The molecule has 5 nitrogen and oxygen atoms in total.